The van der Waals surface area contributed by atoms with E-state index < -0.39 is 11.8 Å². The Morgan fingerprint density at radius 2 is 1.57 bits per heavy atom. The van der Waals surface area contributed by atoms with Crippen molar-refractivity contribution in [3.8, 4) is 17.5 Å². The first-order valence-electron chi connectivity index (χ1n) is 8.30. The number of aromatic nitrogens is 2. The van der Waals surface area contributed by atoms with Gasteiger partial charge in [0.25, 0.3) is 11.8 Å². The van der Waals surface area contributed by atoms with Crippen LogP contribution in [0.15, 0.2) is 11.5 Å². The molecule has 1 aromatic carbocycles. The lowest BCUT2D eigenvalue weighted by Crippen LogP contribution is -2.21. The molecule has 150 valence electrons. The molecular weight excluding hydrogens is 369 g/mol. The molecule has 1 heterocycles. The summed E-state index contributed by atoms with van der Waals surface area (Å²) < 4.78 is 30.0. The number of rotatable bonds is 6. The van der Waals surface area contributed by atoms with Crippen molar-refractivity contribution in [3.05, 3.63) is 40.0 Å². The Kier molecular flexibility index (Phi) is 6.50. The molecule has 0 saturated heterocycles. The van der Waals surface area contributed by atoms with Gasteiger partial charge in [0.2, 0.25) is 5.82 Å². The molecule has 2 rings (SSSR count). The van der Waals surface area contributed by atoms with E-state index in [4.69, 9.17) is 19.0 Å². The summed E-state index contributed by atoms with van der Waals surface area (Å²) in [6.07, 6.45) is 1.12. The monoisotopic (exact) mass is 391 g/mol. The van der Waals surface area contributed by atoms with Crippen molar-refractivity contribution in [2.24, 2.45) is 5.16 Å². The van der Waals surface area contributed by atoms with Crippen LogP contribution in [-0.2, 0) is 14.4 Å². The third-order valence-electron chi connectivity index (χ3n) is 4.55. The highest BCUT2D eigenvalue weighted by atomic mass is 19.1. The average Bonchev–Trinajstić information content (AvgIpc) is 2.70. The van der Waals surface area contributed by atoms with Gasteiger partial charge in [-0.25, -0.2) is 4.79 Å². The molecule has 0 amide bonds. The van der Waals surface area contributed by atoms with Crippen LogP contribution in [0.3, 0.4) is 0 Å². The number of hydrogen-bond donors (Lipinski definition) is 0. The van der Waals surface area contributed by atoms with Gasteiger partial charge in [0.05, 0.1) is 19.8 Å². The zero-order valence-corrected chi connectivity index (χ0v) is 16.8. The molecule has 0 spiro atoms. The number of esters is 1. The van der Waals surface area contributed by atoms with Crippen LogP contribution in [0, 0.1) is 33.5 Å². The molecule has 0 fully saturated rings. The molecule has 0 aliphatic rings. The standard InChI is InChI=1S/C19H22FN3O5/c1-9-10(2)12(4)16(28-18-14(20)17(25-5)21-8-22-18)13(11(9)3)15(23-27-7)19(24)26-6/h8H,1-7H3. The minimum atomic E-state index is -0.866. The van der Waals surface area contributed by atoms with Gasteiger partial charge in [-0.05, 0) is 49.9 Å². The Hall–Kier alpha value is -3.23. The van der Waals surface area contributed by atoms with E-state index in [0.29, 0.717) is 16.7 Å². The fourth-order valence-electron chi connectivity index (χ4n) is 2.71. The summed E-state index contributed by atoms with van der Waals surface area (Å²) in [6.45, 7) is 7.39. The van der Waals surface area contributed by atoms with Gasteiger partial charge in [-0.2, -0.15) is 14.4 Å². The number of carbonyl (C=O) groups excluding carboxylic acids is 1. The van der Waals surface area contributed by atoms with Crippen LogP contribution < -0.4 is 9.47 Å². The maximum absolute atomic E-state index is 14.6. The third-order valence-corrected chi connectivity index (χ3v) is 4.55. The average molecular weight is 391 g/mol. The molecule has 0 bridgehead atoms. The lowest BCUT2D eigenvalue weighted by Gasteiger charge is -2.20. The summed E-state index contributed by atoms with van der Waals surface area (Å²) in [6, 6.07) is 0. The Morgan fingerprint density at radius 3 is 2.14 bits per heavy atom. The van der Waals surface area contributed by atoms with Crippen LogP contribution in [0.5, 0.6) is 17.5 Å². The molecule has 9 heteroatoms. The van der Waals surface area contributed by atoms with E-state index in [1.54, 1.807) is 13.8 Å². The van der Waals surface area contributed by atoms with Crippen molar-refractivity contribution >= 4 is 11.7 Å². The van der Waals surface area contributed by atoms with E-state index in [1.807, 2.05) is 13.8 Å². The molecule has 2 aromatic rings. The van der Waals surface area contributed by atoms with Crippen molar-refractivity contribution in [2.45, 2.75) is 27.7 Å². The minimum Gasteiger partial charge on any atom is -0.479 e. The molecule has 0 N–H and O–H groups in total. The number of ether oxygens (including phenoxy) is 3. The van der Waals surface area contributed by atoms with Crippen molar-refractivity contribution in [1.29, 1.82) is 0 Å². The van der Waals surface area contributed by atoms with E-state index in [0.717, 1.165) is 17.5 Å². The zero-order chi connectivity index (χ0) is 21.0. The van der Waals surface area contributed by atoms with Crippen LogP contribution in [0.2, 0.25) is 0 Å². The van der Waals surface area contributed by atoms with E-state index in [-0.39, 0.29) is 23.2 Å². The fraction of sp³-hybridized carbons (Fsp3) is 0.368. The number of nitrogens with zero attached hydrogens (tertiary/aromatic N) is 3. The Morgan fingerprint density at radius 1 is 0.964 bits per heavy atom. The molecule has 1 aromatic heterocycles. The molecule has 28 heavy (non-hydrogen) atoms. The van der Waals surface area contributed by atoms with Crippen molar-refractivity contribution in [2.75, 3.05) is 21.3 Å². The molecule has 0 aliphatic carbocycles. The first-order valence-corrected chi connectivity index (χ1v) is 8.30. The van der Waals surface area contributed by atoms with E-state index in [9.17, 15) is 9.18 Å². The first kappa shape index (κ1) is 21.1. The quantitative estimate of drug-likeness (QED) is 0.424. The normalized spacial score (nSPS) is 11.2. The summed E-state index contributed by atoms with van der Waals surface area (Å²) in [5.74, 6) is -1.99. The van der Waals surface area contributed by atoms with Gasteiger partial charge in [0.15, 0.2) is 5.71 Å². The van der Waals surface area contributed by atoms with Crippen molar-refractivity contribution in [3.63, 3.8) is 0 Å². The number of hydrogen-bond acceptors (Lipinski definition) is 8. The van der Waals surface area contributed by atoms with E-state index in [1.165, 1.54) is 21.3 Å². The number of benzene rings is 1. The summed E-state index contributed by atoms with van der Waals surface area (Å²) in [5.41, 5.74) is 3.45. The Bertz CT molecular complexity index is 944. The van der Waals surface area contributed by atoms with Crippen LogP contribution in [0.25, 0.3) is 0 Å². The maximum Gasteiger partial charge on any atom is 0.360 e. The van der Waals surface area contributed by atoms with Crippen LogP contribution >= 0.6 is 0 Å². The van der Waals surface area contributed by atoms with Gasteiger partial charge in [-0.3, -0.25) is 0 Å². The van der Waals surface area contributed by atoms with Crippen molar-refractivity contribution < 1.29 is 28.2 Å². The second kappa shape index (κ2) is 8.64. The van der Waals surface area contributed by atoms with Crippen LogP contribution in [0.4, 0.5) is 4.39 Å². The molecule has 8 nitrogen and oxygen atoms in total. The topological polar surface area (TPSA) is 92.1 Å². The lowest BCUT2D eigenvalue weighted by atomic mass is 9.91. The van der Waals surface area contributed by atoms with Gasteiger partial charge in [-0.1, -0.05) is 5.16 Å². The zero-order valence-electron chi connectivity index (χ0n) is 16.8. The van der Waals surface area contributed by atoms with E-state index in [2.05, 4.69) is 15.1 Å². The highest BCUT2D eigenvalue weighted by molar-refractivity contribution is 6.44. The van der Waals surface area contributed by atoms with Gasteiger partial charge >= 0.3 is 5.97 Å². The predicted molar refractivity (Wildman–Crippen MR) is 99.6 cm³/mol. The van der Waals surface area contributed by atoms with Gasteiger partial charge < -0.3 is 19.0 Å². The number of oxime groups is 1. The number of carbonyl (C=O) groups is 1. The van der Waals surface area contributed by atoms with Crippen LogP contribution in [-0.4, -0.2) is 43.0 Å². The highest BCUT2D eigenvalue weighted by Gasteiger charge is 2.28. The van der Waals surface area contributed by atoms with Crippen molar-refractivity contribution in [1.82, 2.24) is 9.97 Å². The third kappa shape index (κ3) is 3.73. The second-order valence-corrected chi connectivity index (χ2v) is 5.92. The van der Waals surface area contributed by atoms with Gasteiger partial charge in [0.1, 0.15) is 19.2 Å². The maximum atomic E-state index is 14.6. The van der Waals surface area contributed by atoms with E-state index >= 15 is 0 Å². The molecule has 0 atom stereocenters. The minimum absolute atomic E-state index is 0.106. The highest BCUT2D eigenvalue weighted by Crippen LogP contribution is 2.37. The molecule has 0 unspecified atom stereocenters. The smallest absolute Gasteiger partial charge is 0.360 e. The Labute approximate surface area is 162 Å². The largest absolute Gasteiger partial charge is 0.479 e. The fourth-order valence-corrected chi connectivity index (χ4v) is 2.71. The predicted octanol–water partition coefficient (Wildman–Crippen LogP) is 3.17. The second-order valence-electron chi connectivity index (χ2n) is 5.92. The van der Waals surface area contributed by atoms with Gasteiger partial charge in [0, 0.05) is 0 Å². The molecule has 0 saturated carbocycles. The number of methoxy groups -OCH3 is 2. The SMILES string of the molecule is CON=C(C(=O)OC)c1c(C)c(C)c(C)c(C)c1Oc1ncnc(OC)c1F. The first-order chi connectivity index (χ1) is 13.3. The summed E-state index contributed by atoms with van der Waals surface area (Å²) >= 11 is 0. The lowest BCUT2D eigenvalue weighted by molar-refractivity contribution is -0.132. The van der Waals surface area contributed by atoms with Gasteiger partial charge in [-0.15, -0.1) is 0 Å². The Balaban J connectivity index is 2.80. The molecule has 0 aliphatic heterocycles. The summed E-state index contributed by atoms with van der Waals surface area (Å²) in [7, 11) is 3.82. The molecular formula is C19H22FN3O5. The summed E-state index contributed by atoms with van der Waals surface area (Å²) in [5, 5.41) is 3.81. The van der Waals surface area contributed by atoms with Crippen LogP contribution in [0.1, 0.15) is 27.8 Å². The molecule has 0 radical (unpaired) electrons. The summed E-state index contributed by atoms with van der Waals surface area (Å²) in [4.78, 5) is 24.7. The number of halogens is 1.